The number of carbonyl (C=O) groups excluding carboxylic acids is 1. The summed E-state index contributed by atoms with van der Waals surface area (Å²) in [5.41, 5.74) is 0. The Morgan fingerprint density at radius 2 is 2.07 bits per heavy atom. The summed E-state index contributed by atoms with van der Waals surface area (Å²) < 4.78 is 0. The molecule has 0 aromatic carbocycles. The average molecular weight is 212 g/mol. The maximum atomic E-state index is 12.0. The van der Waals surface area contributed by atoms with Crippen LogP contribution in [0.5, 0.6) is 0 Å². The summed E-state index contributed by atoms with van der Waals surface area (Å²) in [6.45, 7) is 9.26. The van der Waals surface area contributed by atoms with E-state index in [1.54, 1.807) is 0 Å². The molecule has 88 valence electrons. The van der Waals surface area contributed by atoms with Crippen LogP contribution in [0, 0.1) is 5.92 Å². The van der Waals surface area contributed by atoms with Gasteiger partial charge in [-0.25, -0.2) is 0 Å². The molecular formula is C12H24N2O. The van der Waals surface area contributed by atoms with Gasteiger partial charge in [0, 0.05) is 19.6 Å². The van der Waals surface area contributed by atoms with Crippen molar-refractivity contribution in [1.29, 1.82) is 0 Å². The third-order valence-electron chi connectivity index (χ3n) is 3.42. The van der Waals surface area contributed by atoms with E-state index in [1.807, 2.05) is 4.90 Å². The number of nitrogens with zero attached hydrogens (tertiary/aromatic N) is 1. The lowest BCUT2D eigenvalue weighted by molar-refractivity contribution is -0.136. The largest absolute Gasteiger partial charge is 0.340 e. The number of rotatable bonds is 5. The summed E-state index contributed by atoms with van der Waals surface area (Å²) >= 11 is 0. The van der Waals surface area contributed by atoms with Gasteiger partial charge in [-0.05, 0) is 12.3 Å². The molecule has 3 nitrogen and oxygen atoms in total. The molecule has 0 bridgehead atoms. The van der Waals surface area contributed by atoms with E-state index < -0.39 is 0 Å². The van der Waals surface area contributed by atoms with Crippen molar-refractivity contribution in [3.05, 3.63) is 0 Å². The van der Waals surface area contributed by atoms with E-state index in [9.17, 15) is 4.79 Å². The van der Waals surface area contributed by atoms with E-state index in [0.29, 0.717) is 11.8 Å². The van der Waals surface area contributed by atoms with Gasteiger partial charge < -0.3 is 10.2 Å². The van der Waals surface area contributed by atoms with E-state index >= 15 is 0 Å². The Morgan fingerprint density at radius 3 is 2.60 bits per heavy atom. The van der Waals surface area contributed by atoms with Gasteiger partial charge in [0.25, 0.3) is 0 Å². The quantitative estimate of drug-likeness (QED) is 0.751. The third kappa shape index (κ3) is 3.20. The van der Waals surface area contributed by atoms with Gasteiger partial charge in [0.15, 0.2) is 0 Å². The predicted molar refractivity (Wildman–Crippen MR) is 62.7 cm³/mol. The Kier molecular flexibility index (Phi) is 5.09. The molecule has 1 rings (SSSR count). The van der Waals surface area contributed by atoms with Crippen LogP contribution >= 0.6 is 0 Å². The molecule has 1 aliphatic heterocycles. The number of hydrogen-bond acceptors (Lipinski definition) is 2. The van der Waals surface area contributed by atoms with Crippen LogP contribution in [0.15, 0.2) is 0 Å². The molecule has 15 heavy (non-hydrogen) atoms. The fourth-order valence-corrected chi connectivity index (χ4v) is 2.15. The molecule has 1 fully saturated rings. The van der Waals surface area contributed by atoms with Crippen molar-refractivity contribution in [2.45, 2.75) is 46.1 Å². The van der Waals surface area contributed by atoms with Crippen LogP contribution in [0.3, 0.4) is 0 Å². The topological polar surface area (TPSA) is 32.3 Å². The van der Waals surface area contributed by atoms with E-state index in [2.05, 4.69) is 26.1 Å². The maximum Gasteiger partial charge on any atom is 0.239 e. The van der Waals surface area contributed by atoms with Gasteiger partial charge in [0.2, 0.25) is 5.91 Å². The van der Waals surface area contributed by atoms with Crippen LogP contribution in [0.2, 0.25) is 0 Å². The smallest absolute Gasteiger partial charge is 0.239 e. The Hall–Kier alpha value is -0.570. The van der Waals surface area contributed by atoms with Crippen molar-refractivity contribution >= 4 is 5.91 Å². The van der Waals surface area contributed by atoms with Crippen molar-refractivity contribution in [3.8, 4) is 0 Å². The van der Waals surface area contributed by atoms with E-state index in [-0.39, 0.29) is 6.04 Å². The molecule has 1 heterocycles. The fourth-order valence-electron chi connectivity index (χ4n) is 2.15. The zero-order valence-corrected chi connectivity index (χ0v) is 10.3. The summed E-state index contributed by atoms with van der Waals surface area (Å²) in [4.78, 5) is 14.0. The lowest BCUT2D eigenvalue weighted by Crippen LogP contribution is -2.55. The van der Waals surface area contributed by atoms with Crippen LogP contribution in [0.25, 0.3) is 0 Å². The monoisotopic (exact) mass is 212 g/mol. The number of piperazine rings is 1. The van der Waals surface area contributed by atoms with Gasteiger partial charge in [-0.15, -0.1) is 0 Å². The lowest BCUT2D eigenvalue weighted by Gasteiger charge is -2.34. The van der Waals surface area contributed by atoms with Crippen molar-refractivity contribution in [1.82, 2.24) is 10.2 Å². The van der Waals surface area contributed by atoms with Gasteiger partial charge >= 0.3 is 0 Å². The molecule has 0 radical (unpaired) electrons. The number of carbonyl (C=O) groups is 1. The zero-order valence-electron chi connectivity index (χ0n) is 10.3. The summed E-state index contributed by atoms with van der Waals surface area (Å²) in [6, 6.07) is 0.0631. The molecule has 1 atom stereocenters. The summed E-state index contributed by atoms with van der Waals surface area (Å²) in [5.74, 6) is 0.972. The molecule has 0 saturated carbocycles. The van der Waals surface area contributed by atoms with Crippen LogP contribution in [0.1, 0.15) is 40.0 Å². The van der Waals surface area contributed by atoms with Crippen LogP contribution < -0.4 is 5.32 Å². The zero-order chi connectivity index (χ0) is 11.3. The van der Waals surface area contributed by atoms with Crippen LogP contribution in [0.4, 0.5) is 0 Å². The molecule has 0 aromatic rings. The fraction of sp³-hybridized carbons (Fsp3) is 0.917. The van der Waals surface area contributed by atoms with Gasteiger partial charge in [0.05, 0.1) is 6.04 Å². The van der Waals surface area contributed by atoms with Gasteiger partial charge in [0.1, 0.15) is 0 Å². The number of nitrogens with one attached hydrogen (secondary N) is 1. The number of amides is 1. The SMILES string of the molecule is CCC(CC)CN1CCNC(CC)C1=O. The maximum absolute atomic E-state index is 12.0. The first-order valence-corrected chi connectivity index (χ1v) is 6.25. The Balaban J connectivity index is 2.49. The van der Waals surface area contributed by atoms with Gasteiger partial charge in [-0.3, -0.25) is 4.79 Å². The minimum Gasteiger partial charge on any atom is -0.340 e. The Labute approximate surface area is 93.2 Å². The molecule has 1 saturated heterocycles. The first-order chi connectivity index (χ1) is 7.22. The molecular weight excluding hydrogens is 188 g/mol. The van der Waals surface area contributed by atoms with Crippen LogP contribution in [-0.2, 0) is 4.79 Å². The molecule has 1 aliphatic rings. The minimum absolute atomic E-state index is 0.0631. The highest BCUT2D eigenvalue weighted by atomic mass is 16.2. The molecule has 1 N–H and O–H groups in total. The summed E-state index contributed by atoms with van der Waals surface area (Å²) in [7, 11) is 0. The van der Waals surface area contributed by atoms with Gasteiger partial charge in [-0.2, -0.15) is 0 Å². The predicted octanol–water partition coefficient (Wildman–Crippen LogP) is 1.63. The normalized spacial score (nSPS) is 22.5. The first-order valence-electron chi connectivity index (χ1n) is 6.25. The van der Waals surface area contributed by atoms with Crippen molar-refractivity contribution in [2.24, 2.45) is 5.92 Å². The lowest BCUT2D eigenvalue weighted by atomic mass is 10.0. The minimum atomic E-state index is 0.0631. The summed E-state index contributed by atoms with van der Waals surface area (Å²) in [5, 5.41) is 3.27. The Morgan fingerprint density at radius 1 is 1.40 bits per heavy atom. The second-order valence-electron chi connectivity index (χ2n) is 4.38. The van der Waals surface area contributed by atoms with Crippen molar-refractivity contribution in [3.63, 3.8) is 0 Å². The highest BCUT2D eigenvalue weighted by Crippen LogP contribution is 2.13. The molecule has 1 amide bonds. The molecule has 0 spiro atoms. The highest BCUT2D eigenvalue weighted by Gasteiger charge is 2.27. The molecule has 3 heteroatoms. The van der Waals surface area contributed by atoms with Crippen molar-refractivity contribution < 1.29 is 4.79 Å². The van der Waals surface area contributed by atoms with Gasteiger partial charge in [-0.1, -0.05) is 33.6 Å². The van der Waals surface area contributed by atoms with E-state index in [0.717, 1.165) is 26.1 Å². The van der Waals surface area contributed by atoms with Crippen molar-refractivity contribution in [2.75, 3.05) is 19.6 Å². The standard InChI is InChI=1S/C12H24N2O/c1-4-10(5-2)9-14-8-7-13-11(6-3)12(14)15/h10-11,13H,4-9H2,1-3H3. The average Bonchev–Trinajstić information content (AvgIpc) is 2.28. The second-order valence-corrected chi connectivity index (χ2v) is 4.38. The third-order valence-corrected chi connectivity index (χ3v) is 3.42. The molecule has 0 aliphatic carbocycles. The molecule has 0 aromatic heterocycles. The highest BCUT2D eigenvalue weighted by molar-refractivity contribution is 5.82. The van der Waals surface area contributed by atoms with Crippen LogP contribution in [-0.4, -0.2) is 36.5 Å². The Bertz CT molecular complexity index is 202. The number of hydrogen-bond donors (Lipinski definition) is 1. The van der Waals surface area contributed by atoms with E-state index in [1.165, 1.54) is 12.8 Å². The first kappa shape index (κ1) is 12.5. The molecule has 1 unspecified atom stereocenters. The second kappa shape index (κ2) is 6.11. The summed E-state index contributed by atoms with van der Waals surface area (Å²) in [6.07, 6.45) is 3.24. The van der Waals surface area contributed by atoms with E-state index in [4.69, 9.17) is 0 Å².